The van der Waals surface area contributed by atoms with Crippen LogP contribution in [0.4, 0.5) is 5.82 Å². The molecule has 0 amide bonds. The molecule has 0 saturated carbocycles. The second-order valence-corrected chi connectivity index (χ2v) is 15.4. The van der Waals surface area contributed by atoms with Gasteiger partial charge in [0, 0.05) is 45.9 Å². The number of anilines is 1. The third-order valence-electron chi connectivity index (χ3n) is 6.27. The Kier molecular flexibility index (Phi) is 5.03. The summed E-state index contributed by atoms with van der Waals surface area (Å²) >= 11 is 0. The lowest BCUT2D eigenvalue weighted by Crippen LogP contribution is -2.47. The number of hydrogen-bond donors (Lipinski definition) is 1. The summed E-state index contributed by atoms with van der Waals surface area (Å²) < 4.78 is 8.04. The van der Waals surface area contributed by atoms with Crippen LogP contribution in [0.3, 0.4) is 0 Å². The molecule has 2 aliphatic rings. The van der Waals surface area contributed by atoms with E-state index in [2.05, 4.69) is 63.6 Å². The first-order valence-corrected chi connectivity index (χ1v) is 13.9. The summed E-state index contributed by atoms with van der Waals surface area (Å²) in [6.07, 6.45) is 5.02. The zero-order valence-corrected chi connectivity index (χ0v) is 18.2. The second-order valence-electron chi connectivity index (χ2n) is 9.76. The molecule has 0 bridgehead atoms. The summed E-state index contributed by atoms with van der Waals surface area (Å²) in [7, 11) is -1.05. The number of nitrogens with one attached hydrogen (secondary N) is 1. The first kappa shape index (κ1) is 18.9. The molecule has 4 heterocycles. The average molecular weight is 388 g/mol. The van der Waals surface area contributed by atoms with Gasteiger partial charge in [0.2, 0.25) is 0 Å². The van der Waals surface area contributed by atoms with E-state index < -0.39 is 8.07 Å². The third kappa shape index (κ3) is 3.91. The number of piperidine rings is 1. The van der Waals surface area contributed by atoms with Crippen molar-refractivity contribution in [1.29, 1.82) is 0 Å². The molecular weight excluding hydrogens is 354 g/mol. The molecule has 0 unspecified atom stereocenters. The van der Waals surface area contributed by atoms with Gasteiger partial charge < -0.3 is 19.5 Å². The van der Waals surface area contributed by atoms with Crippen LogP contribution < -0.4 is 10.2 Å². The maximum atomic E-state index is 5.94. The highest BCUT2D eigenvalue weighted by Gasteiger charge is 2.43. The molecule has 2 fully saturated rings. The third-order valence-corrected chi connectivity index (χ3v) is 7.97. The molecule has 0 spiro atoms. The zero-order valence-electron chi connectivity index (χ0n) is 17.2. The Bertz CT molecular complexity index is 801. The molecule has 2 aliphatic heterocycles. The summed E-state index contributed by atoms with van der Waals surface area (Å²) in [5.74, 6) is 1.86. The van der Waals surface area contributed by atoms with Gasteiger partial charge in [-0.1, -0.05) is 26.6 Å². The van der Waals surface area contributed by atoms with Crippen molar-refractivity contribution in [3.63, 3.8) is 0 Å². The topological polar surface area (TPSA) is 55.2 Å². The Morgan fingerprint density at radius 2 is 2.19 bits per heavy atom. The molecular formula is C20H33N5OSi. The smallest absolute Gasteiger partial charge is 0.147 e. The van der Waals surface area contributed by atoms with Crippen molar-refractivity contribution < 1.29 is 4.74 Å². The SMILES string of the molecule is C[C@@]12CNC[C@@H]1CCN(c1ncnc3c1ccn3COCC[Si](C)(C)C)C2. The molecule has 7 heteroatoms. The summed E-state index contributed by atoms with van der Waals surface area (Å²) in [6, 6.07) is 3.34. The van der Waals surface area contributed by atoms with E-state index in [1.54, 1.807) is 6.33 Å². The number of hydrogen-bond acceptors (Lipinski definition) is 5. The standard InChI is InChI=1S/C20H33N5OSi/c1-20-12-21-11-16(20)5-7-24(13-20)18-17-6-8-25(19(17)23-14-22-18)15-26-9-10-27(2,3)4/h6,8,14,16,21H,5,7,9-13,15H2,1-4H3/t16-,20-/m0/s1. The van der Waals surface area contributed by atoms with Gasteiger partial charge in [0.1, 0.15) is 24.5 Å². The van der Waals surface area contributed by atoms with Gasteiger partial charge in [-0.3, -0.25) is 0 Å². The first-order chi connectivity index (χ1) is 12.9. The lowest BCUT2D eigenvalue weighted by atomic mass is 9.75. The maximum absolute atomic E-state index is 5.94. The minimum atomic E-state index is -1.05. The van der Waals surface area contributed by atoms with Gasteiger partial charge in [-0.05, 0) is 31.0 Å². The highest BCUT2D eigenvalue weighted by atomic mass is 28.3. The van der Waals surface area contributed by atoms with Crippen LogP contribution in [0.2, 0.25) is 25.7 Å². The highest BCUT2D eigenvalue weighted by molar-refractivity contribution is 6.76. The van der Waals surface area contributed by atoms with E-state index in [0.717, 1.165) is 55.6 Å². The molecule has 2 aromatic heterocycles. The predicted molar refractivity (Wildman–Crippen MR) is 113 cm³/mol. The van der Waals surface area contributed by atoms with Crippen molar-refractivity contribution in [2.75, 3.05) is 37.7 Å². The van der Waals surface area contributed by atoms with E-state index in [0.29, 0.717) is 12.1 Å². The molecule has 6 nitrogen and oxygen atoms in total. The number of aromatic nitrogens is 3. The maximum Gasteiger partial charge on any atom is 0.147 e. The fourth-order valence-corrected chi connectivity index (χ4v) is 5.21. The van der Waals surface area contributed by atoms with E-state index in [1.165, 1.54) is 12.5 Å². The molecule has 0 aliphatic carbocycles. The number of nitrogens with zero attached hydrogens (tertiary/aromatic N) is 4. The Morgan fingerprint density at radius 1 is 1.33 bits per heavy atom. The largest absolute Gasteiger partial charge is 0.361 e. The van der Waals surface area contributed by atoms with Crippen LogP contribution in [0.5, 0.6) is 0 Å². The van der Waals surface area contributed by atoms with Crippen molar-refractivity contribution in [3.8, 4) is 0 Å². The minimum absolute atomic E-state index is 0.345. The molecule has 2 atom stereocenters. The van der Waals surface area contributed by atoms with Gasteiger partial charge in [0.25, 0.3) is 0 Å². The molecule has 4 rings (SSSR count). The van der Waals surface area contributed by atoms with Crippen molar-refractivity contribution in [3.05, 3.63) is 18.6 Å². The number of fused-ring (bicyclic) bond motifs is 2. The Morgan fingerprint density at radius 3 is 3.00 bits per heavy atom. The van der Waals surface area contributed by atoms with Crippen LogP contribution in [0.15, 0.2) is 18.6 Å². The van der Waals surface area contributed by atoms with Gasteiger partial charge in [0.05, 0.1) is 5.39 Å². The lowest BCUT2D eigenvalue weighted by Gasteiger charge is -2.42. The van der Waals surface area contributed by atoms with Gasteiger partial charge in [-0.2, -0.15) is 0 Å². The Labute approximate surface area is 163 Å². The molecule has 0 radical (unpaired) electrons. The van der Waals surface area contributed by atoms with E-state index in [4.69, 9.17) is 4.74 Å². The Balaban J connectivity index is 1.49. The van der Waals surface area contributed by atoms with Crippen molar-refractivity contribution in [2.45, 2.75) is 45.8 Å². The fourth-order valence-electron chi connectivity index (χ4n) is 4.45. The quantitative estimate of drug-likeness (QED) is 0.609. The predicted octanol–water partition coefficient (Wildman–Crippen LogP) is 3.18. The average Bonchev–Trinajstić information content (AvgIpc) is 3.20. The van der Waals surface area contributed by atoms with E-state index in [9.17, 15) is 0 Å². The van der Waals surface area contributed by atoms with Crippen molar-refractivity contribution in [1.82, 2.24) is 19.9 Å². The van der Waals surface area contributed by atoms with E-state index in [-0.39, 0.29) is 0 Å². The molecule has 27 heavy (non-hydrogen) atoms. The molecule has 2 aromatic rings. The summed E-state index contributed by atoms with van der Waals surface area (Å²) in [5, 5.41) is 4.72. The van der Waals surface area contributed by atoms with Crippen molar-refractivity contribution in [2.24, 2.45) is 11.3 Å². The number of rotatable bonds is 6. The van der Waals surface area contributed by atoms with Gasteiger partial charge in [0.15, 0.2) is 0 Å². The van der Waals surface area contributed by atoms with Crippen LogP contribution in [-0.2, 0) is 11.5 Å². The van der Waals surface area contributed by atoms with Crippen LogP contribution in [0.25, 0.3) is 11.0 Å². The Hall–Kier alpha value is -1.44. The summed E-state index contributed by atoms with van der Waals surface area (Å²) in [6.45, 7) is 15.4. The van der Waals surface area contributed by atoms with Crippen LogP contribution in [0, 0.1) is 11.3 Å². The second kappa shape index (κ2) is 7.18. The van der Waals surface area contributed by atoms with Gasteiger partial charge >= 0.3 is 0 Å². The number of ether oxygens (including phenoxy) is 1. The van der Waals surface area contributed by atoms with Crippen molar-refractivity contribution >= 4 is 24.9 Å². The van der Waals surface area contributed by atoms with Gasteiger partial charge in [-0.25, -0.2) is 9.97 Å². The van der Waals surface area contributed by atoms with Gasteiger partial charge in [-0.15, -0.1) is 0 Å². The fraction of sp³-hybridized carbons (Fsp3) is 0.700. The minimum Gasteiger partial charge on any atom is -0.361 e. The van der Waals surface area contributed by atoms with Crippen LogP contribution in [0.1, 0.15) is 13.3 Å². The monoisotopic (exact) mass is 387 g/mol. The van der Waals surface area contributed by atoms with E-state index in [1.807, 2.05) is 0 Å². The molecule has 1 N–H and O–H groups in total. The molecule has 0 aromatic carbocycles. The molecule has 148 valence electrons. The summed E-state index contributed by atoms with van der Waals surface area (Å²) in [4.78, 5) is 11.7. The first-order valence-electron chi connectivity index (χ1n) is 10.2. The van der Waals surface area contributed by atoms with E-state index >= 15 is 0 Å². The zero-order chi connectivity index (χ0) is 19.1. The lowest BCUT2D eigenvalue weighted by molar-refractivity contribution is 0.0899. The molecule has 2 saturated heterocycles. The van der Waals surface area contributed by atoms with Crippen LogP contribution in [-0.4, -0.2) is 55.4 Å². The highest BCUT2D eigenvalue weighted by Crippen LogP contribution is 2.40. The normalized spacial score (nSPS) is 25.9. The summed E-state index contributed by atoms with van der Waals surface area (Å²) in [5.41, 5.74) is 1.32. The van der Waals surface area contributed by atoms with Crippen LogP contribution >= 0.6 is 0 Å².